The normalized spacial score (nSPS) is 12.3. The Bertz CT molecular complexity index is 2930. The number of hydrogen-bond donors (Lipinski definition) is 0. The van der Waals surface area contributed by atoms with E-state index in [1.54, 1.807) is 0 Å². The third-order valence-corrected chi connectivity index (χ3v) is 13.4. The fourth-order valence-electron chi connectivity index (χ4n) is 8.90. The van der Waals surface area contributed by atoms with Gasteiger partial charge in [-0.25, -0.2) is 15.0 Å². The predicted octanol–water partition coefficient (Wildman–Crippen LogP) is 17.8. The van der Waals surface area contributed by atoms with Gasteiger partial charge in [0.05, 0.1) is 5.69 Å². The Labute approximate surface area is 417 Å². The van der Waals surface area contributed by atoms with E-state index in [1.807, 2.05) is 24.4 Å². The first-order valence-electron chi connectivity index (χ1n) is 24.7. The SMILES string of the molecule is CC(C)(C)c1ccc(-c2cc(-c3ccc(C(C)(C)C)cc3)cc(-c3nc(-c4ccc(-c5ccccc5)nc4)nc(-c4cc(-c5ccc(C(C)(C)C)cc5)cc(-c5ccc(C(C)(C)C)cc5)c4)n3)c2)cc1. The first-order chi connectivity index (χ1) is 33.2. The van der Waals surface area contributed by atoms with Crippen molar-refractivity contribution < 1.29 is 0 Å². The van der Waals surface area contributed by atoms with Crippen molar-refractivity contribution in [3.8, 4) is 89.9 Å². The average molecular weight is 915 g/mol. The summed E-state index contributed by atoms with van der Waals surface area (Å²) in [4.78, 5) is 21.0. The molecule has 2 heterocycles. The molecule has 350 valence electrons. The van der Waals surface area contributed by atoms with Gasteiger partial charge in [-0.3, -0.25) is 4.98 Å². The lowest BCUT2D eigenvalue weighted by molar-refractivity contribution is 0.590. The van der Waals surface area contributed by atoms with Gasteiger partial charge in [0.15, 0.2) is 17.5 Å². The molecule has 0 saturated heterocycles. The molecule has 9 rings (SSSR count). The van der Waals surface area contributed by atoms with E-state index in [1.165, 1.54) is 22.3 Å². The zero-order valence-corrected chi connectivity index (χ0v) is 43.1. The number of rotatable bonds is 8. The molecular formula is C66H66N4. The molecule has 0 atom stereocenters. The van der Waals surface area contributed by atoms with Crippen LogP contribution in [-0.2, 0) is 21.7 Å². The average Bonchev–Trinajstić information content (AvgIpc) is 3.35. The van der Waals surface area contributed by atoms with Crippen LogP contribution in [0.25, 0.3) is 89.9 Å². The summed E-state index contributed by atoms with van der Waals surface area (Å²) in [6.07, 6.45) is 1.88. The van der Waals surface area contributed by atoms with E-state index in [0.717, 1.165) is 72.5 Å². The molecule has 2 aromatic heterocycles. The molecular weight excluding hydrogens is 849 g/mol. The van der Waals surface area contributed by atoms with Gasteiger partial charge in [-0.15, -0.1) is 0 Å². The van der Waals surface area contributed by atoms with Crippen LogP contribution >= 0.6 is 0 Å². The summed E-state index contributed by atoms with van der Waals surface area (Å²) < 4.78 is 0. The van der Waals surface area contributed by atoms with Gasteiger partial charge in [-0.1, -0.05) is 210 Å². The first-order valence-corrected chi connectivity index (χ1v) is 24.7. The number of aromatic nitrogens is 4. The zero-order chi connectivity index (χ0) is 49.6. The number of nitrogens with zero attached hydrogens (tertiary/aromatic N) is 4. The van der Waals surface area contributed by atoms with Crippen molar-refractivity contribution >= 4 is 0 Å². The van der Waals surface area contributed by atoms with E-state index in [0.29, 0.717) is 17.5 Å². The van der Waals surface area contributed by atoms with E-state index < -0.39 is 0 Å². The second-order valence-corrected chi connectivity index (χ2v) is 23.0. The molecule has 0 fully saturated rings. The fourth-order valence-corrected chi connectivity index (χ4v) is 8.90. The van der Waals surface area contributed by atoms with Gasteiger partial charge in [0.2, 0.25) is 0 Å². The van der Waals surface area contributed by atoms with Crippen molar-refractivity contribution in [3.63, 3.8) is 0 Å². The second-order valence-electron chi connectivity index (χ2n) is 23.0. The van der Waals surface area contributed by atoms with Gasteiger partial charge < -0.3 is 0 Å². The largest absolute Gasteiger partial charge is 0.255 e. The number of benzene rings is 7. The van der Waals surface area contributed by atoms with Crippen LogP contribution in [0.15, 0.2) is 182 Å². The summed E-state index contributed by atoms with van der Waals surface area (Å²) in [6, 6.07) is 63.8. The van der Waals surface area contributed by atoms with Crippen molar-refractivity contribution in [1.82, 2.24) is 19.9 Å². The van der Waals surface area contributed by atoms with Crippen LogP contribution in [0.4, 0.5) is 0 Å². The summed E-state index contributed by atoms with van der Waals surface area (Å²) in [6.45, 7) is 27.1. The highest BCUT2D eigenvalue weighted by atomic mass is 15.0. The Kier molecular flexibility index (Phi) is 12.7. The van der Waals surface area contributed by atoms with Crippen LogP contribution in [0.5, 0.6) is 0 Å². The van der Waals surface area contributed by atoms with Crippen molar-refractivity contribution in [2.24, 2.45) is 0 Å². The molecule has 0 N–H and O–H groups in total. The minimum Gasteiger partial charge on any atom is -0.255 e. The maximum Gasteiger partial charge on any atom is 0.165 e. The summed E-state index contributed by atoms with van der Waals surface area (Å²) in [7, 11) is 0. The molecule has 9 aromatic rings. The summed E-state index contributed by atoms with van der Waals surface area (Å²) >= 11 is 0. The fraction of sp³-hybridized carbons (Fsp3) is 0.242. The molecule has 0 amide bonds. The molecule has 70 heavy (non-hydrogen) atoms. The Morgan fingerprint density at radius 3 is 0.786 bits per heavy atom. The van der Waals surface area contributed by atoms with Crippen molar-refractivity contribution in [2.75, 3.05) is 0 Å². The van der Waals surface area contributed by atoms with Crippen LogP contribution in [-0.4, -0.2) is 19.9 Å². The summed E-state index contributed by atoms with van der Waals surface area (Å²) in [5.41, 5.74) is 18.7. The van der Waals surface area contributed by atoms with E-state index in [9.17, 15) is 0 Å². The lowest BCUT2D eigenvalue weighted by Crippen LogP contribution is -2.10. The molecule has 0 bridgehead atoms. The second kappa shape index (κ2) is 18.6. The van der Waals surface area contributed by atoms with Crippen LogP contribution in [0.2, 0.25) is 0 Å². The Hall–Kier alpha value is -7.30. The van der Waals surface area contributed by atoms with E-state index in [2.05, 4.69) is 241 Å². The summed E-state index contributed by atoms with van der Waals surface area (Å²) in [5, 5.41) is 0. The van der Waals surface area contributed by atoms with Crippen molar-refractivity contribution in [2.45, 2.75) is 105 Å². The first kappa shape index (κ1) is 47.8. The lowest BCUT2D eigenvalue weighted by atomic mass is 9.85. The lowest BCUT2D eigenvalue weighted by Gasteiger charge is -2.20. The number of pyridine rings is 1. The van der Waals surface area contributed by atoms with Gasteiger partial charge in [0.1, 0.15) is 0 Å². The highest BCUT2D eigenvalue weighted by Gasteiger charge is 2.21. The highest BCUT2D eigenvalue weighted by Crippen LogP contribution is 2.38. The molecule has 0 aliphatic rings. The van der Waals surface area contributed by atoms with Crippen LogP contribution in [0.3, 0.4) is 0 Å². The molecule has 0 spiro atoms. The van der Waals surface area contributed by atoms with E-state index >= 15 is 0 Å². The Morgan fingerprint density at radius 1 is 0.243 bits per heavy atom. The molecule has 0 aliphatic heterocycles. The van der Waals surface area contributed by atoms with Crippen LogP contribution in [0.1, 0.15) is 105 Å². The zero-order valence-electron chi connectivity index (χ0n) is 43.1. The minimum atomic E-state index is 0.0368. The van der Waals surface area contributed by atoms with Crippen LogP contribution < -0.4 is 0 Å². The molecule has 4 nitrogen and oxygen atoms in total. The standard InChI is InChI=1S/C66H66N4/c1-63(2,3)55-27-18-43(19-28-55)49-36-50(44-20-29-56(30-21-44)64(4,5)6)39-53(38-49)61-68-60(48-26-35-59(67-42-48)47-16-14-13-15-17-47)69-62(70-61)54-40-51(45-22-31-57(32-23-45)65(7,8)9)37-52(41-54)46-24-33-58(34-25-46)66(10,11)12/h13-42H,1-12H3. The van der Waals surface area contributed by atoms with Gasteiger partial charge in [-0.2, -0.15) is 0 Å². The third kappa shape index (κ3) is 10.6. The van der Waals surface area contributed by atoms with Gasteiger partial charge >= 0.3 is 0 Å². The monoisotopic (exact) mass is 915 g/mol. The smallest absolute Gasteiger partial charge is 0.165 e. The maximum absolute atomic E-state index is 5.45. The molecule has 0 unspecified atom stereocenters. The van der Waals surface area contributed by atoms with Crippen molar-refractivity contribution in [3.05, 3.63) is 204 Å². The van der Waals surface area contributed by atoms with Gasteiger partial charge in [-0.05, 0) is 137 Å². The Balaban J connectivity index is 1.26. The highest BCUT2D eigenvalue weighted by molar-refractivity contribution is 5.83. The molecule has 4 heteroatoms. The van der Waals surface area contributed by atoms with Gasteiger partial charge in [0.25, 0.3) is 0 Å². The number of hydrogen-bond acceptors (Lipinski definition) is 4. The molecule has 0 saturated carbocycles. The molecule has 0 radical (unpaired) electrons. The summed E-state index contributed by atoms with van der Waals surface area (Å²) in [5.74, 6) is 1.73. The van der Waals surface area contributed by atoms with E-state index in [4.69, 9.17) is 19.9 Å². The minimum absolute atomic E-state index is 0.0368. The topological polar surface area (TPSA) is 51.6 Å². The molecule has 0 aliphatic carbocycles. The molecule has 7 aromatic carbocycles. The van der Waals surface area contributed by atoms with Gasteiger partial charge in [0, 0.05) is 28.5 Å². The predicted molar refractivity (Wildman–Crippen MR) is 296 cm³/mol. The van der Waals surface area contributed by atoms with E-state index in [-0.39, 0.29) is 21.7 Å². The third-order valence-electron chi connectivity index (χ3n) is 13.4. The maximum atomic E-state index is 5.45. The Morgan fingerprint density at radius 2 is 0.514 bits per heavy atom. The van der Waals surface area contributed by atoms with Crippen LogP contribution in [0, 0.1) is 0 Å². The van der Waals surface area contributed by atoms with Crippen molar-refractivity contribution in [1.29, 1.82) is 0 Å². The quantitative estimate of drug-likeness (QED) is 0.152.